The molecule has 9 heteroatoms. The Morgan fingerprint density at radius 1 is 0.800 bits per heavy atom. The topological polar surface area (TPSA) is 125 Å². The quantitative estimate of drug-likeness (QED) is 0.340. The summed E-state index contributed by atoms with van der Waals surface area (Å²) >= 11 is 0. The lowest BCUT2D eigenvalue weighted by Crippen LogP contribution is -2.36. The molecule has 3 N–H and O–H groups in total. The number of fused-ring (bicyclic) bond motifs is 6. The number of carbonyl (C=O) groups is 3. The molecule has 40 heavy (non-hydrogen) atoms. The molecular weight excluding hydrogens is 506 g/mol. The van der Waals surface area contributed by atoms with Gasteiger partial charge in [-0.2, -0.15) is 0 Å². The van der Waals surface area contributed by atoms with Gasteiger partial charge in [-0.05, 0) is 72.9 Å². The van der Waals surface area contributed by atoms with E-state index in [1.807, 2.05) is 18.2 Å². The molecule has 2 heterocycles. The molecule has 5 rings (SSSR count). The van der Waals surface area contributed by atoms with Crippen LogP contribution in [0.4, 0.5) is 0 Å². The number of hydrogen-bond donors (Lipinski definition) is 3. The second-order valence-corrected chi connectivity index (χ2v) is 9.80. The van der Waals surface area contributed by atoms with Crippen LogP contribution in [0.5, 0.6) is 5.75 Å². The number of phenols is 1. The van der Waals surface area contributed by atoms with E-state index in [4.69, 9.17) is 0 Å². The zero-order valence-corrected chi connectivity index (χ0v) is 22.1. The molecule has 3 amide bonds. The molecule has 204 valence electrons. The number of carbonyl (C=O) groups excluding carboxylic acids is 3. The number of rotatable bonds is 1. The zero-order chi connectivity index (χ0) is 27.9. The zero-order valence-electron chi connectivity index (χ0n) is 22.1. The van der Waals surface area contributed by atoms with Gasteiger partial charge in [-0.3, -0.25) is 24.4 Å². The van der Waals surface area contributed by atoms with Gasteiger partial charge in [-0.25, -0.2) is 0 Å². The summed E-state index contributed by atoms with van der Waals surface area (Å²) in [5.74, 6) is -0.335. The van der Waals surface area contributed by atoms with Crippen LogP contribution in [0.3, 0.4) is 0 Å². The third kappa shape index (κ3) is 6.43. The number of phenolic OH excluding ortho intramolecular Hbond substituents is 1. The fourth-order valence-corrected chi connectivity index (χ4v) is 4.83. The highest BCUT2D eigenvalue weighted by Gasteiger charge is 2.18. The maximum absolute atomic E-state index is 13.5. The predicted octanol–water partition coefficient (Wildman–Crippen LogP) is 3.72. The van der Waals surface area contributed by atoms with Crippen LogP contribution in [0, 0.1) is 0 Å². The van der Waals surface area contributed by atoms with Crippen molar-refractivity contribution >= 4 is 28.8 Å². The van der Waals surface area contributed by atoms with Gasteiger partial charge >= 0.3 is 0 Å². The van der Waals surface area contributed by atoms with Crippen LogP contribution in [0.15, 0.2) is 73.1 Å². The number of nitrogens with one attached hydrogen (secondary N) is 2. The average Bonchev–Trinajstić information content (AvgIpc) is 2.98. The van der Waals surface area contributed by atoms with Crippen LogP contribution in [-0.2, 0) is 11.2 Å². The van der Waals surface area contributed by atoms with Crippen molar-refractivity contribution in [2.75, 3.05) is 26.2 Å². The van der Waals surface area contributed by atoms with Crippen LogP contribution < -0.4 is 10.6 Å². The van der Waals surface area contributed by atoms with Crippen LogP contribution in [-0.4, -0.2) is 63.9 Å². The molecule has 0 unspecified atom stereocenters. The van der Waals surface area contributed by atoms with Gasteiger partial charge in [0.2, 0.25) is 5.91 Å². The lowest BCUT2D eigenvalue weighted by Gasteiger charge is -2.23. The first-order valence-corrected chi connectivity index (χ1v) is 13.5. The maximum atomic E-state index is 13.5. The van der Waals surface area contributed by atoms with Gasteiger partial charge in [0.1, 0.15) is 5.75 Å². The summed E-state index contributed by atoms with van der Waals surface area (Å²) in [4.78, 5) is 49.2. The van der Waals surface area contributed by atoms with Gasteiger partial charge in [0.25, 0.3) is 11.8 Å². The van der Waals surface area contributed by atoms with E-state index in [1.54, 1.807) is 59.8 Å². The number of amides is 3. The highest BCUT2D eigenvalue weighted by atomic mass is 16.3. The number of hydrogen-bond acceptors (Lipinski definition) is 6. The third-order valence-electron chi connectivity index (χ3n) is 6.96. The molecule has 3 aromatic carbocycles. The molecule has 0 saturated heterocycles. The minimum absolute atomic E-state index is 0.0785. The predicted molar refractivity (Wildman–Crippen MR) is 152 cm³/mol. The molecule has 0 atom stereocenters. The Morgan fingerprint density at radius 3 is 2.48 bits per heavy atom. The van der Waals surface area contributed by atoms with Crippen molar-refractivity contribution in [3.8, 4) is 16.9 Å². The van der Waals surface area contributed by atoms with Crippen molar-refractivity contribution in [2.45, 2.75) is 25.7 Å². The molecule has 0 spiro atoms. The minimum atomic E-state index is -0.226. The lowest BCUT2D eigenvalue weighted by molar-refractivity contribution is -0.121. The van der Waals surface area contributed by atoms with Gasteiger partial charge in [0.15, 0.2) is 0 Å². The van der Waals surface area contributed by atoms with Crippen molar-refractivity contribution in [2.24, 2.45) is 0 Å². The fraction of sp³-hybridized carbons (Fsp3) is 0.258. The molecule has 4 bridgehead atoms. The summed E-state index contributed by atoms with van der Waals surface area (Å²) in [6.07, 6.45) is 5.12. The highest BCUT2D eigenvalue weighted by molar-refractivity contribution is 5.97. The standard InChI is InChI=1S/C31H31N5O4/c37-28-10-7-21-11-13-34-29(38)6-2-16-36(31(40)24-8-9-26-27(20-24)33-15-14-32-26)17-3-12-35-30(39)23-5-1-4-22(19-23)25(28)18-21/h1,4-5,7-10,14-15,18-20,37H,2-3,6,11-13,16-17H2,(H,34,38)(H,35,39). The molecule has 0 radical (unpaired) electrons. The molecule has 0 saturated carbocycles. The highest BCUT2D eigenvalue weighted by Crippen LogP contribution is 2.31. The van der Waals surface area contributed by atoms with Crippen LogP contribution in [0.1, 0.15) is 45.5 Å². The van der Waals surface area contributed by atoms with E-state index < -0.39 is 0 Å². The molecule has 4 aromatic rings. The SMILES string of the molecule is O=C1CCCN(C(=O)c2ccc3nccnc3c2)CCCNC(=O)c2cccc(c2)-c2cc(ccc2O)CCN1. The Bertz CT molecular complexity index is 1550. The molecule has 0 fully saturated rings. The molecule has 9 nitrogen and oxygen atoms in total. The van der Waals surface area contributed by atoms with Crippen molar-refractivity contribution in [1.29, 1.82) is 0 Å². The largest absolute Gasteiger partial charge is 0.507 e. The number of nitrogens with zero attached hydrogens (tertiary/aromatic N) is 3. The lowest BCUT2D eigenvalue weighted by atomic mass is 9.98. The summed E-state index contributed by atoms with van der Waals surface area (Å²) in [6, 6.07) is 17.7. The van der Waals surface area contributed by atoms with E-state index in [1.165, 1.54) is 0 Å². The van der Waals surface area contributed by atoms with Crippen molar-refractivity contribution in [3.05, 3.63) is 89.7 Å². The first-order valence-electron chi connectivity index (χ1n) is 13.5. The smallest absolute Gasteiger partial charge is 0.253 e. The van der Waals surface area contributed by atoms with Gasteiger partial charge in [0, 0.05) is 61.7 Å². The number of aromatic nitrogens is 2. The van der Waals surface area contributed by atoms with Crippen molar-refractivity contribution in [3.63, 3.8) is 0 Å². The average molecular weight is 538 g/mol. The summed E-state index contributed by atoms with van der Waals surface area (Å²) in [5.41, 5.74) is 4.64. The van der Waals surface area contributed by atoms with Crippen molar-refractivity contribution in [1.82, 2.24) is 25.5 Å². The van der Waals surface area contributed by atoms with Crippen LogP contribution in [0.2, 0.25) is 0 Å². The maximum Gasteiger partial charge on any atom is 0.253 e. The second-order valence-electron chi connectivity index (χ2n) is 9.80. The first-order chi connectivity index (χ1) is 19.5. The Kier molecular flexibility index (Phi) is 8.29. The number of benzene rings is 3. The van der Waals surface area contributed by atoms with Gasteiger partial charge in [-0.15, -0.1) is 0 Å². The third-order valence-corrected chi connectivity index (χ3v) is 6.96. The van der Waals surface area contributed by atoms with E-state index >= 15 is 0 Å². The number of aromatic hydroxyl groups is 1. The molecule has 1 aromatic heterocycles. The Hall–Kier alpha value is -4.79. The van der Waals surface area contributed by atoms with Gasteiger partial charge in [0.05, 0.1) is 11.0 Å². The van der Waals surface area contributed by atoms with Gasteiger partial charge in [-0.1, -0.05) is 18.2 Å². The second kappa shape index (κ2) is 12.4. The van der Waals surface area contributed by atoms with E-state index in [-0.39, 0.29) is 29.9 Å². The fourth-order valence-electron chi connectivity index (χ4n) is 4.83. The summed E-state index contributed by atoms with van der Waals surface area (Å²) < 4.78 is 0. The summed E-state index contributed by atoms with van der Waals surface area (Å²) in [5, 5.41) is 16.4. The minimum Gasteiger partial charge on any atom is -0.507 e. The molecule has 1 aliphatic heterocycles. The van der Waals surface area contributed by atoms with E-state index in [2.05, 4.69) is 20.6 Å². The van der Waals surface area contributed by atoms with Gasteiger partial charge < -0.3 is 20.6 Å². The monoisotopic (exact) mass is 537 g/mol. The molecule has 0 aliphatic carbocycles. The first kappa shape index (κ1) is 26.8. The Labute approximate surface area is 232 Å². The van der Waals surface area contributed by atoms with Crippen LogP contribution in [0.25, 0.3) is 22.2 Å². The van der Waals surface area contributed by atoms with Crippen LogP contribution >= 0.6 is 0 Å². The normalized spacial score (nSPS) is 15.3. The Balaban J connectivity index is 1.34. The Morgan fingerprint density at radius 2 is 1.60 bits per heavy atom. The summed E-state index contributed by atoms with van der Waals surface area (Å²) in [6.45, 7) is 1.64. The molecule has 1 aliphatic rings. The van der Waals surface area contributed by atoms with E-state index in [9.17, 15) is 19.5 Å². The summed E-state index contributed by atoms with van der Waals surface area (Å²) in [7, 11) is 0. The van der Waals surface area contributed by atoms with Crippen molar-refractivity contribution < 1.29 is 19.5 Å². The van der Waals surface area contributed by atoms with E-state index in [0.29, 0.717) is 73.2 Å². The van der Waals surface area contributed by atoms with E-state index in [0.717, 1.165) is 11.1 Å². The molecular formula is C31H31N5O4.